The lowest BCUT2D eigenvalue weighted by atomic mass is 10.2. The van der Waals surface area contributed by atoms with Gasteiger partial charge in [0.2, 0.25) is 0 Å². The Morgan fingerprint density at radius 1 is 1.21 bits per heavy atom. The second-order valence-corrected chi connectivity index (χ2v) is 3.64. The van der Waals surface area contributed by atoms with E-state index in [0.29, 0.717) is 25.2 Å². The Hall–Kier alpha value is -0.730. The first kappa shape index (κ1) is 13.3. The van der Waals surface area contributed by atoms with Crippen LogP contribution in [0.3, 0.4) is 0 Å². The molecule has 0 radical (unpaired) electrons. The quantitative estimate of drug-likeness (QED) is 0.376. The Morgan fingerprint density at radius 3 is 2.43 bits per heavy atom. The summed E-state index contributed by atoms with van der Waals surface area (Å²) in [5, 5.41) is 0. The van der Waals surface area contributed by atoms with Crippen molar-refractivity contribution in [1.82, 2.24) is 0 Å². The molecule has 0 rings (SSSR count). The highest BCUT2D eigenvalue weighted by Gasteiger charge is 2.00. The first-order valence-electron chi connectivity index (χ1n) is 5.50. The first-order chi connectivity index (χ1) is 6.70. The SMILES string of the molecule is CCCCOC(=NCC(C)C)OCC. The minimum Gasteiger partial charge on any atom is -0.451 e. The third-order valence-corrected chi connectivity index (χ3v) is 1.58. The second-order valence-electron chi connectivity index (χ2n) is 3.64. The van der Waals surface area contributed by atoms with Gasteiger partial charge in [-0.05, 0) is 19.3 Å². The summed E-state index contributed by atoms with van der Waals surface area (Å²) in [5.41, 5.74) is 0. The van der Waals surface area contributed by atoms with Crippen LogP contribution in [0.1, 0.15) is 40.5 Å². The molecule has 0 aromatic heterocycles. The van der Waals surface area contributed by atoms with Gasteiger partial charge in [-0.3, -0.25) is 0 Å². The van der Waals surface area contributed by atoms with Crippen LogP contribution >= 0.6 is 0 Å². The number of rotatable bonds is 6. The zero-order chi connectivity index (χ0) is 10.8. The smallest absolute Gasteiger partial charge is 0.383 e. The van der Waals surface area contributed by atoms with Crippen LogP contribution in [-0.4, -0.2) is 25.8 Å². The molecular formula is C11H23NO2. The molecule has 0 aliphatic carbocycles. The fourth-order valence-electron chi connectivity index (χ4n) is 0.817. The number of hydrogen-bond acceptors (Lipinski definition) is 3. The predicted molar refractivity (Wildman–Crippen MR) is 59.6 cm³/mol. The van der Waals surface area contributed by atoms with E-state index in [1.54, 1.807) is 0 Å². The highest BCUT2D eigenvalue weighted by atomic mass is 16.7. The van der Waals surface area contributed by atoms with Crippen LogP contribution in [0.5, 0.6) is 0 Å². The number of ether oxygens (including phenoxy) is 2. The standard InChI is InChI=1S/C11H23NO2/c1-5-7-8-14-11(13-6-2)12-9-10(3)4/h10H,5-9H2,1-4H3. The summed E-state index contributed by atoms with van der Waals surface area (Å²) in [5.74, 6) is 0.542. The van der Waals surface area contributed by atoms with Crippen LogP contribution in [0.4, 0.5) is 0 Å². The van der Waals surface area contributed by atoms with Gasteiger partial charge in [0.25, 0.3) is 0 Å². The minimum absolute atomic E-state index is 0.453. The van der Waals surface area contributed by atoms with Crippen molar-refractivity contribution >= 4 is 6.08 Å². The van der Waals surface area contributed by atoms with Gasteiger partial charge in [-0.25, -0.2) is 4.99 Å². The van der Waals surface area contributed by atoms with Crippen molar-refractivity contribution < 1.29 is 9.47 Å². The van der Waals surface area contributed by atoms with E-state index in [4.69, 9.17) is 9.47 Å². The fraction of sp³-hybridized carbons (Fsp3) is 0.909. The summed E-state index contributed by atoms with van der Waals surface area (Å²) in [6.45, 7) is 10.4. The summed E-state index contributed by atoms with van der Waals surface area (Å²) >= 11 is 0. The van der Waals surface area contributed by atoms with Crippen LogP contribution in [0, 0.1) is 5.92 Å². The van der Waals surface area contributed by atoms with E-state index >= 15 is 0 Å². The Labute approximate surface area is 87.5 Å². The van der Waals surface area contributed by atoms with Gasteiger partial charge in [0, 0.05) is 6.54 Å². The average molecular weight is 201 g/mol. The van der Waals surface area contributed by atoms with Crippen LogP contribution in [-0.2, 0) is 9.47 Å². The zero-order valence-electron chi connectivity index (χ0n) is 9.88. The Morgan fingerprint density at radius 2 is 1.93 bits per heavy atom. The zero-order valence-corrected chi connectivity index (χ0v) is 9.88. The van der Waals surface area contributed by atoms with Gasteiger partial charge in [0.1, 0.15) is 0 Å². The van der Waals surface area contributed by atoms with Crippen LogP contribution in [0.25, 0.3) is 0 Å². The summed E-state index contributed by atoms with van der Waals surface area (Å²) < 4.78 is 10.7. The highest BCUT2D eigenvalue weighted by molar-refractivity contribution is 5.66. The van der Waals surface area contributed by atoms with Crippen molar-refractivity contribution in [2.45, 2.75) is 40.5 Å². The molecule has 0 spiro atoms. The maximum atomic E-state index is 5.40. The molecule has 84 valence electrons. The molecule has 0 aliphatic rings. The third-order valence-electron chi connectivity index (χ3n) is 1.58. The lowest BCUT2D eigenvalue weighted by Gasteiger charge is -2.09. The minimum atomic E-state index is 0.453. The van der Waals surface area contributed by atoms with Crippen LogP contribution in [0.2, 0.25) is 0 Å². The first-order valence-corrected chi connectivity index (χ1v) is 5.50. The molecule has 0 bridgehead atoms. The fourth-order valence-corrected chi connectivity index (χ4v) is 0.817. The van der Waals surface area contributed by atoms with E-state index in [-0.39, 0.29) is 0 Å². The Balaban J connectivity index is 3.81. The van der Waals surface area contributed by atoms with E-state index in [9.17, 15) is 0 Å². The van der Waals surface area contributed by atoms with Gasteiger partial charge in [-0.2, -0.15) is 0 Å². The van der Waals surface area contributed by atoms with Gasteiger partial charge in [-0.15, -0.1) is 0 Å². The molecule has 3 heteroatoms. The molecule has 0 amide bonds. The van der Waals surface area contributed by atoms with E-state index in [1.165, 1.54) is 0 Å². The lowest BCUT2D eigenvalue weighted by molar-refractivity contribution is 0.168. The normalized spacial score (nSPS) is 11.9. The Bertz CT molecular complexity index is 155. The molecule has 0 heterocycles. The van der Waals surface area contributed by atoms with Gasteiger partial charge in [0.15, 0.2) is 0 Å². The summed E-state index contributed by atoms with van der Waals surface area (Å²) in [7, 11) is 0. The van der Waals surface area contributed by atoms with Gasteiger partial charge in [-0.1, -0.05) is 27.2 Å². The van der Waals surface area contributed by atoms with Crippen molar-refractivity contribution in [3.8, 4) is 0 Å². The van der Waals surface area contributed by atoms with Gasteiger partial charge < -0.3 is 9.47 Å². The van der Waals surface area contributed by atoms with Crippen LogP contribution in [0.15, 0.2) is 4.99 Å². The van der Waals surface area contributed by atoms with Gasteiger partial charge >= 0.3 is 6.08 Å². The molecule has 0 unspecified atom stereocenters. The molecule has 14 heavy (non-hydrogen) atoms. The molecular weight excluding hydrogens is 178 g/mol. The molecule has 0 aliphatic heterocycles. The molecule has 0 aromatic rings. The molecule has 0 aromatic carbocycles. The maximum Gasteiger partial charge on any atom is 0.383 e. The number of unbranched alkanes of at least 4 members (excludes halogenated alkanes) is 1. The molecule has 0 fully saturated rings. The second kappa shape index (κ2) is 8.85. The maximum absolute atomic E-state index is 5.40. The molecule has 3 nitrogen and oxygen atoms in total. The molecule has 0 saturated heterocycles. The van der Waals surface area contributed by atoms with E-state index in [2.05, 4.69) is 25.8 Å². The topological polar surface area (TPSA) is 30.8 Å². The largest absolute Gasteiger partial charge is 0.451 e. The number of aliphatic imine (C=N–C) groups is 1. The van der Waals surface area contributed by atoms with Crippen LogP contribution < -0.4 is 0 Å². The van der Waals surface area contributed by atoms with Crippen molar-refractivity contribution in [2.75, 3.05) is 19.8 Å². The Kier molecular flexibility index (Phi) is 8.39. The van der Waals surface area contributed by atoms with Crippen molar-refractivity contribution in [3.63, 3.8) is 0 Å². The predicted octanol–water partition coefficient (Wildman–Crippen LogP) is 2.85. The number of nitrogens with zero attached hydrogens (tertiary/aromatic N) is 1. The van der Waals surface area contributed by atoms with Gasteiger partial charge in [0.05, 0.1) is 13.2 Å². The lowest BCUT2D eigenvalue weighted by Crippen LogP contribution is -2.12. The molecule has 0 N–H and O–H groups in total. The third kappa shape index (κ3) is 7.90. The van der Waals surface area contributed by atoms with Crippen molar-refractivity contribution in [3.05, 3.63) is 0 Å². The molecule has 0 atom stereocenters. The summed E-state index contributed by atoms with van der Waals surface area (Å²) in [6.07, 6.45) is 2.63. The van der Waals surface area contributed by atoms with Crippen molar-refractivity contribution in [1.29, 1.82) is 0 Å². The van der Waals surface area contributed by atoms with E-state index < -0.39 is 0 Å². The average Bonchev–Trinajstić information content (AvgIpc) is 2.14. The monoisotopic (exact) mass is 201 g/mol. The number of hydrogen-bond donors (Lipinski definition) is 0. The highest BCUT2D eigenvalue weighted by Crippen LogP contribution is 1.96. The van der Waals surface area contributed by atoms with E-state index in [0.717, 1.165) is 19.4 Å². The molecule has 0 saturated carbocycles. The summed E-state index contributed by atoms with van der Waals surface area (Å²) in [6, 6.07) is 0. The van der Waals surface area contributed by atoms with E-state index in [1.807, 2.05) is 6.92 Å². The van der Waals surface area contributed by atoms with Crippen molar-refractivity contribution in [2.24, 2.45) is 10.9 Å². The summed E-state index contributed by atoms with van der Waals surface area (Å²) in [4.78, 5) is 4.26.